The molecule has 0 bridgehead atoms. The molecule has 0 aliphatic carbocycles. The zero-order chi connectivity index (χ0) is 11.8. The van der Waals surface area contributed by atoms with Crippen molar-refractivity contribution in [2.45, 2.75) is 19.8 Å². The Balaban J connectivity index is 2.20. The average molecular weight is 226 g/mol. The molecule has 0 amide bonds. The van der Waals surface area contributed by atoms with E-state index < -0.39 is 0 Å². The number of rotatable bonds is 6. The van der Waals surface area contributed by atoms with Gasteiger partial charge in [0.25, 0.3) is 0 Å². The van der Waals surface area contributed by atoms with Crippen molar-refractivity contribution in [1.29, 1.82) is 0 Å². The minimum atomic E-state index is -0.310. The number of carbonyl (C=O) groups is 1. The lowest BCUT2D eigenvalue weighted by atomic mass is 10.3. The normalized spacial score (nSPS) is 9.88. The maximum absolute atomic E-state index is 12.5. The van der Waals surface area contributed by atoms with Gasteiger partial charge in [-0.2, -0.15) is 0 Å². The number of esters is 1. The van der Waals surface area contributed by atoms with Crippen LogP contribution >= 0.6 is 0 Å². The number of halogens is 1. The highest BCUT2D eigenvalue weighted by Crippen LogP contribution is 2.11. The molecule has 0 radical (unpaired) electrons. The molecule has 16 heavy (non-hydrogen) atoms. The van der Waals surface area contributed by atoms with Gasteiger partial charge in [-0.25, -0.2) is 4.39 Å². The average Bonchev–Trinajstić information content (AvgIpc) is 2.29. The van der Waals surface area contributed by atoms with Gasteiger partial charge in [-0.05, 0) is 30.7 Å². The lowest BCUT2D eigenvalue weighted by molar-refractivity contribution is -0.144. The molecule has 0 fully saturated rings. The lowest BCUT2D eigenvalue weighted by Crippen LogP contribution is -2.10. The summed E-state index contributed by atoms with van der Waals surface area (Å²) in [6.45, 7) is 2.62. The predicted molar refractivity (Wildman–Crippen MR) is 57.8 cm³/mol. The highest BCUT2D eigenvalue weighted by Gasteiger charge is 2.02. The standard InChI is InChI=1S/C12H15FO3/c1-2-8-16-12(14)7-9-15-11-5-3-10(13)4-6-11/h3-6H,2,7-9H2,1H3. The van der Waals surface area contributed by atoms with E-state index in [0.717, 1.165) is 6.42 Å². The topological polar surface area (TPSA) is 35.5 Å². The number of hydrogen-bond donors (Lipinski definition) is 0. The molecule has 0 aliphatic heterocycles. The molecular formula is C12H15FO3. The van der Waals surface area contributed by atoms with Crippen LogP contribution in [0, 0.1) is 5.82 Å². The lowest BCUT2D eigenvalue weighted by Gasteiger charge is -2.06. The van der Waals surface area contributed by atoms with Gasteiger partial charge in [0.15, 0.2) is 0 Å². The Morgan fingerprint density at radius 2 is 1.94 bits per heavy atom. The monoisotopic (exact) mass is 226 g/mol. The molecule has 1 rings (SSSR count). The van der Waals surface area contributed by atoms with Crippen LogP contribution in [0.2, 0.25) is 0 Å². The zero-order valence-corrected chi connectivity index (χ0v) is 9.24. The van der Waals surface area contributed by atoms with Gasteiger partial charge in [-0.3, -0.25) is 4.79 Å². The number of benzene rings is 1. The number of carbonyl (C=O) groups excluding carboxylic acids is 1. The summed E-state index contributed by atoms with van der Waals surface area (Å²) >= 11 is 0. The van der Waals surface area contributed by atoms with Crippen molar-refractivity contribution in [3.63, 3.8) is 0 Å². The van der Waals surface area contributed by atoms with Gasteiger partial charge in [0.1, 0.15) is 11.6 Å². The van der Waals surface area contributed by atoms with Gasteiger partial charge in [0.2, 0.25) is 0 Å². The van der Waals surface area contributed by atoms with E-state index in [0.29, 0.717) is 12.4 Å². The smallest absolute Gasteiger partial charge is 0.309 e. The zero-order valence-electron chi connectivity index (χ0n) is 9.24. The second kappa shape index (κ2) is 6.82. The van der Waals surface area contributed by atoms with Crippen LogP contribution in [0.25, 0.3) is 0 Å². The molecule has 0 spiro atoms. The number of hydrogen-bond acceptors (Lipinski definition) is 3. The van der Waals surface area contributed by atoms with Crippen LogP contribution in [0.15, 0.2) is 24.3 Å². The van der Waals surface area contributed by atoms with Crippen molar-refractivity contribution in [1.82, 2.24) is 0 Å². The number of ether oxygens (including phenoxy) is 2. The third-order valence-electron chi connectivity index (χ3n) is 1.86. The van der Waals surface area contributed by atoms with E-state index in [1.54, 1.807) is 0 Å². The van der Waals surface area contributed by atoms with Crippen molar-refractivity contribution in [3.05, 3.63) is 30.1 Å². The van der Waals surface area contributed by atoms with Crippen LogP contribution in [-0.4, -0.2) is 19.2 Å². The van der Waals surface area contributed by atoms with Crippen LogP contribution in [0.4, 0.5) is 4.39 Å². The van der Waals surface area contributed by atoms with Crippen molar-refractivity contribution in [2.24, 2.45) is 0 Å². The summed E-state index contributed by atoms with van der Waals surface area (Å²) in [6, 6.07) is 5.66. The Morgan fingerprint density at radius 1 is 1.25 bits per heavy atom. The van der Waals surface area contributed by atoms with E-state index in [-0.39, 0.29) is 24.8 Å². The fourth-order valence-electron chi connectivity index (χ4n) is 1.07. The van der Waals surface area contributed by atoms with Gasteiger partial charge in [-0.15, -0.1) is 0 Å². The van der Waals surface area contributed by atoms with E-state index in [1.807, 2.05) is 6.92 Å². The van der Waals surface area contributed by atoms with Crippen LogP contribution in [0.3, 0.4) is 0 Å². The quantitative estimate of drug-likeness (QED) is 0.699. The largest absolute Gasteiger partial charge is 0.493 e. The van der Waals surface area contributed by atoms with Crippen molar-refractivity contribution < 1.29 is 18.7 Å². The third-order valence-corrected chi connectivity index (χ3v) is 1.86. The summed E-state index contributed by atoms with van der Waals surface area (Å²) in [6.07, 6.45) is 1.02. The molecule has 0 saturated carbocycles. The first-order chi connectivity index (χ1) is 7.72. The molecule has 0 atom stereocenters. The van der Waals surface area contributed by atoms with Gasteiger partial charge in [0.05, 0.1) is 19.6 Å². The van der Waals surface area contributed by atoms with E-state index in [1.165, 1.54) is 24.3 Å². The van der Waals surface area contributed by atoms with E-state index >= 15 is 0 Å². The first-order valence-electron chi connectivity index (χ1n) is 5.26. The molecule has 0 heterocycles. The summed E-state index contributed by atoms with van der Waals surface area (Å²) in [4.78, 5) is 11.1. The Hall–Kier alpha value is -1.58. The molecule has 1 aromatic rings. The van der Waals surface area contributed by atoms with Gasteiger partial charge in [-0.1, -0.05) is 6.92 Å². The van der Waals surface area contributed by atoms with E-state index in [2.05, 4.69) is 0 Å². The van der Waals surface area contributed by atoms with E-state index in [9.17, 15) is 9.18 Å². The second-order valence-electron chi connectivity index (χ2n) is 3.27. The van der Waals surface area contributed by atoms with Crippen molar-refractivity contribution in [3.8, 4) is 5.75 Å². The molecule has 4 heteroatoms. The Kier molecular flexibility index (Phi) is 5.32. The van der Waals surface area contributed by atoms with E-state index in [4.69, 9.17) is 9.47 Å². The Labute approximate surface area is 94.2 Å². The Bertz CT molecular complexity index is 322. The third kappa shape index (κ3) is 4.77. The van der Waals surface area contributed by atoms with Gasteiger partial charge >= 0.3 is 5.97 Å². The fraction of sp³-hybridized carbons (Fsp3) is 0.417. The van der Waals surface area contributed by atoms with Crippen molar-refractivity contribution >= 4 is 5.97 Å². The maximum atomic E-state index is 12.5. The van der Waals surface area contributed by atoms with Crippen molar-refractivity contribution in [2.75, 3.05) is 13.2 Å². The summed E-state index contributed by atoms with van der Waals surface area (Å²) in [5.74, 6) is -0.0386. The molecule has 1 aromatic carbocycles. The summed E-state index contributed by atoms with van der Waals surface area (Å²) in [5.41, 5.74) is 0. The van der Waals surface area contributed by atoms with Crippen LogP contribution < -0.4 is 4.74 Å². The summed E-state index contributed by atoms with van der Waals surface area (Å²) in [7, 11) is 0. The van der Waals surface area contributed by atoms with Crippen LogP contribution in [0.1, 0.15) is 19.8 Å². The van der Waals surface area contributed by atoms with Crippen LogP contribution in [-0.2, 0) is 9.53 Å². The summed E-state index contributed by atoms with van der Waals surface area (Å²) in [5, 5.41) is 0. The minimum Gasteiger partial charge on any atom is -0.493 e. The highest BCUT2D eigenvalue weighted by atomic mass is 19.1. The molecule has 0 aliphatic rings. The highest BCUT2D eigenvalue weighted by molar-refractivity contribution is 5.69. The molecule has 0 aromatic heterocycles. The SMILES string of the molecule is CCCOC(=O)CCOc1ccc(F)cc1. The molecule has 88 valence electrons. The molecule has 0 N–H and O–H groups in total. The molecule has 0 saturated heterocycles. The molecule has 3 nitrogen and oxygen atoms in total. The molecular weight excluding hydrogens is 211 g/mol. The molecule has 0 unspecified atom stereocenters. The second-order valence-corrected chi connectivity index (χ2v) is 3.27. The predicted octanol–water partition coefficient (Wildman–Crippen LogP) is 2.55. The van der Waals surface area contributed by atoms with Gasteiger partial charge in [0, 0.05) is 0 Å². The first-order valence-corrected chi connectivity index (χ1v) is 5.26. The fourth-order valence-corrected chi connectivity index (χ4v) is 1.07. The maximum Gasteiger partial charge on any atom is 0.309 e. The van der Waals surface area contributed by atoms with Gasteiger partial charge < -0.3 is 9.47 Å². The first kappa shape index (κ1) is 12.5. The van der Waals surface area contributed by atoms with Crippen LogP contribution in [0.5, 0.6) is 5.75 Å². The summed E-state index contributed by atoms with van der Waals surface area (Å²) < 4.78 is 22.7. The minimum absolute atomic E-state index is 0.206. The Morgan fingerprint density at radius 3 is 2.56 bits per heavy atom.